The summed E-state index contributed by atoms with van der Waals surface area (Å²) in [6, 6.07) is 0. The number of nitrogens with two attached hydrogens (primary N) is 1. The van der Waals surface area contributed by atoms with Gasteiger partial charge in [-0.25, -0.2) is 17.6 Å². The summed E-state index contributed by atoms with van der Waals surface area (Å²) in [5, 5.41) is 5.76. The third-order valence-corrected chi connectivity index (χ3v) is 6.26. The first-order chi connectivity index (χ1) is 14.4. The summed E-state index contributed by atoms with van der Waals surface area (Å²) in [7, 11) is 0. The van der Waals surface area contributed by atoms with Gasteiger partial charge in [0.1, 0.15) is 12.1 Å². The molecular weight excluding hydrogens is 410 g/mol. The van der Waals surface area contributed by atoms with Crippen LogP contribution in [-0.2, 0) is 18.9 Å². The Balaban J connectivity index is 1.69. The minimum absolute atomic E-state index is 0.133. The lowest BCUT2D eigenvalue weighted by atomic mass is 9.71. The van der Waals surface area contributed by atoms with Gasteiger partial charge in [-0.05, 0) is 44.6 Å². The Bertz CT molecular complexity index is 554. The van der Waals surface area contributed by atoms with Gasteiger partial charge < -0.3 is 19.9 Å². The number of alkyl halides is 4. The summed E-state index contributed by atoms with van der Waals surface area (Å²) in [6.07, 6.45) is -2.71. The van der Waals surface area contributed by atoms with Crippen LogP contribution < -0.4 is 16.4 Å². The zero-order valence-electron chi connectivity index (χ0n) is 17.3. The zero-order chi connectivity index (χ0) is 21.8. The summed E-state index contributed by atoms with van der Waals surface area (Å²) >= 11 is 0. The van der Waals surface area contributed by atoms with Crippen LogP contribution in [0.15, 0.2) is 0 Å². The van der Waals surface area contributed by atoms with Crippen molar-refractivity contribution >= 4 is 0 Å². The monoisotopic (exact) mass is 443 g/mol. The molecule has 2 aliphatic carbocycles. The van der Waals surface area contributed by atoms with Crippen molar-refractivity contribution < 1.29 is 36.5 Å². The summed E-state index contributed by atoms with van der Waals surface area (Å²) in [5.74, 6) is -2.02. The van der Waals surface area contributed by atoms with Crippen LogP contribution in [0.3, 0.4) is 0 Å². The van der Waals surface area contributed by atoms with Gasteiger partial charge >= 0.3 is 0 Å². The van der Waals surface area contributed by atoms with E-state index < -0.39 is 42.5 Å². The van der Waals surface area contributed by atoms with Crippen LogP contribution in [0.1, 0.15) is 51.9 Å². The lowest BCUT2D eigenvalue weighted by Crippen LogP contribution is -2.74. The Morgan fingerprint density at radius 1 is 1.13 bits per heavy atom. The van der Waals surface area contributed by atoms with Gasteiger partial charge in [0.25, 0.3) is 12.4 Å². The van der Waals surface area contributed by atoms with Gasteiger partial charge in [-0.15, -0.1) is 0 Å². The normalized spacial score (nSPS) is 32.6. The molecule has 1 saturated heterocycles. The fourth-order valence-corrected chi connectivity index (χ4v) is 4.19. The molecule has 0 aromatic heterocycles. The van der Waals surface area contributed by atoms with Crippen molar-refractivity contribution in [2.75, 3.05) is 26.7 Å². The van der Waals surface area contributed by atoms with Gasteiger partial charge in [0, 0.05) is 6.42 Å². The van der Waals surface area contributed by atoms with Gasteiger partial charge in [-0.3, -0.25) is 15.4 Å². The van der Waals surface area contributed by atoms with Crippen molar-refractivity contribution in [3.63, 3.8) is 0 Å². The number of ether oxygens (including phenoxy) is 4. The second kappa shape index (κ2) is 9.93. The predicted octanol–water partition coefficient (Wildman–Crippen LogP) is 2.71. The van der Waals surface area contributed by atoms with E-state index in [-0.39, 0.29) is 26.1 Å². The Hall–Kier alpha value is -0.560. The Labute approximate surface area is 174 Å². The van der Waals surface area contributed by atoms with Crippen molar-refractivity contribution in [3.05, 3.63) is 0 Å². The van der Waals surface area contributed by atoms with Gasteiger partial charge in [0.2, 0.25) is 6.43 Å². The second-order valence-corrected chi connectivity index (χ2v) is 8.31. The third-order valence-electron chi connectivity index (χ3n) is 6.26. The Kier molecular flexibility index (Phi) is 7.97. The van der Waals surface area contributed by atoms with Gasteiger partial charge in [-0.2, -0.15) is 0 Å². The lowest BCUT2D eigenvalue weighted by Gasteiger charge is -2.61. The van der Waals surface area contributed by atoms with Gasteiger partial charge in [0.05, 0.1) is 19.0 Å². The van der Waals surface area contributed by atoms with E-state index in [0.717, 1.165) is 19.4 Å². The molecule has 7 nitrogen and oxygen atoms in total. The standard InChI is InChI=1S/C19H33F4N3O4/c1-2-3-8-25-11-27-16-18(9-14(20)21,13-4-5-13)19(30-16,28-10-24)29-12-26-17(6-7-17)15(22)23/h13-16,25-26H,2-12,24H2,1H3. The highest BCUT2D eigenvalue weighted by atomic mass is 19.3. The number of nitrogens with one attached hydrogen (secondary N) is 2. The number of rotatable bonds is 16. The van der Waals surface area contributed by atoms with E-state index in [4.69, 9.17) is 24.7 Å². The van der Waals surface area contributed by atoms with E-state index in [0.29, 0.717) is 25.7 Å². The topological polar surface area (TPSA) is 87.0 Å². The maximum absolute atomic E-state index is 13.6. The molecule has 3 fully saturated rings. The van der Waals surface area contributed by atoms with E-state index in [2.05, 4.69) is 17.6 Å². The highest BCUT2D eigenvalue weighted by molar-refractivity contribution is 5.09. The first kappa shape index (κ1) is 24.1. The lowest BCUT2D eigenvalue weighted by molar-refractivity contribution is -0.573. The molecule has 3 unspecified atom stereocenters. The molecule has 0 spiro atoms. The SMILES string of the molecule is CCCCNCOC1OC(OCN)(OCNC2(C(F)F)CC2)C1(CC(F)F)C1CC1. The van der Waals surface area contributed by atoms with Crippen molar-refractivity contribution in [2.45, 2.75) is 82.5 Å². The highest BCUT2D eigenvalue weighted by Crippen LogP contribution is 2.66. The second-order valence-electron chi connectivity index (χ2n) is 8.31. The molecule has 4 N–H and O–H groups in total. The quantitative estimate of drug-likeness (QED) is 0.192. The molecule has 0 aromatic carbocycles. The van der Waals surface area contributed by atoms with Crippen LogP contribution in [-0.4, -0.2) is 57.4 Å². The molecule has 0 bridgehead atoms. The molecule has 3 rings (SSSR count). The molecule has 2 saturated carbocycles. The molecule has 1 aliphatic heterocycles. The summed E-state index contributed by atoms with van der Waals surface area (Å²) in [5.41, 5.74) is 2.99. The van der Waals surface area contributed by atoms with Crippen LogP contribution in [0.4, 0.5) is 17.6 Å². The first-order valence-electron chi connectivity index (χ1n) is 10.7. The van der Waals surface area contributed by atoms with E-state index >= 15 is 0 Å². The number of hydrogen-bond acceptors (Lipinski definition) is 7. The molecule has 3 aliphatic rings. The molecule has 1 heterocycles. The van der Waals surface area contributed by atoms with Gasteiger partial charge in [-0.1, -0.05) is 13.3 Å². The highest BCUT2D eigenvalue weighted by Gasteiger charge is 2.77. The maximum Gasteiger partial charge on any atom is 0.299 e. The Morgan fingerprint density at radius 2 is 1.87 bits per heavy atom. The van der Waals surface area contributed by atoms with Crippen LogP contribution in [0.2, 0.25) is 0 Å². The largest absolute Gasteiger partial charge is 0.336 e. The fraction of sp³-hybridized carbons (Fsp3) is 1.00. The Morgan fingerprint density at radius 3 is 2.40 bits per heavy atom. The van der Waals surface area contributed by atoms with E-state index in [1.54, 1.807) is 0 Å². The van der Waals surface area contributed by atoms with Crippen LogP contribution in [0.5, 0.6) is 0 Å². The molecule has 176 valence electrons. The summed E-state index contributed by atoms with van der Waals surface area (Å²) in [4.78, 5) is 0. The van der Waals surface area contributed by atoms with E-state index in [9.17, 15) is 17.6 Å². The summed E-state index contributed by atoms with van der Waals surface area (Å²) < 4.78 is 76.3. The average Bonchev–Trinajstić information content (AvgIpc) is 3.59. The predicted molar refractivity (Wildman–Crippen MR) is 99.4 cm³/mol. The van der Waals surface area contributed by atoms with Crippen molar-refractivity contribution in [2.24, 2.45) is 17.1 Å². The molecule has 0 aromatic rings. The fourth-order valence-electron chi connectivity index (χ4n) is 4.19. The van der Waals surface area contributed by atoms with Crippen molar-refractivity contribution in [3.8, 4) is 0 Å². The summed E-state index contributed by atoms with van der Waals surface area (Å²) in [6.45, 7) is 2.26. The molecule has 0 amide bonds. The molecule has 11 heteroatoms. The molecule has 30 heavy (non-hydrogen) atoms. The van der Waals surface area contributed by atoms with Crippen LogP contribution in [0, 0.1) is 11.3 Å². The van der Waals surface area contributed by atoms with Crippen molar-refractivity contribution in [1.29, 1.82) is 0 Å². The minimum Gasteiger partial charge on any atom is -0.336 e. The smallest absolute Gasteiger partial charge is 0.299 e. The third kappa shape index (κ3) is 4.77. The van der Waals surface area contributed by atoms with Crippen LogP contribution >= 0.6 is 0 Å². The van der Waals surface area contributed by atoms with E-state index in [1.807, 2.05) is 0 Å². The van der Waals surface area contributed by atoms with E-state index in [1.165, 1.54) is 0 Å². The molecule has 3 atom stereocenters. The molecular formula is C19H33F4N3O4. The average molecular weight is 443 g/mol. The molecule has 0 radical (unpaired) electrons. The zero-order valence-corrected chi connectivity index (χ0v) is 17.3. The number of hydrogen-bond donors (Lipinski definition) is 3. The van der Waals surface area contributed by atoms with Crippen molar-refractivity contribution in [1.82, 2.24) is 10.6 Å². The van der Waals surface area contributed by atoms with Crippen LogP contribution in [0.25, 0.3) is 0 Å². The first-order valence-corrected chi connectivity index (χ1v) is 10.7. The maximum atomic E-state index is 13.6. The minimum atomic E-state index is -2.65. The number of halogens is 4. The number of unbranched alkanes of at least 4 members (excludes halogenated alkanes) is 1. The van der Waals surface area contributed by atoms with Gasteiger partial charge in [0.15, 0.2) is 6.29 Å².